The molecule has 0 spiro atoms. The highest BCUT2D eigenvalue weighted by molar-refractivity contribution is 5.77. The third-order valence-corrected chi connectivity index (χ3v) is 3.30. The molecule has 1 saturated heterocycles. The van der Waals surface area contributed by atoms with Crippen molar-refractivity contribution >= 4 is 5.91 Å². The lowest BCUT2D eigenvalue weighted by Gasteiger charge is -2.26. The lowest BCUT2D eigenvalue weighted by molar-refractivity contribution is -0.137. The number of carbonyl (C=O) groups is 1. The van der Waals surface area contributed by atoms with Crippen LogP contribution in [0.3, 0.4) is 0 Å². The van der Waals surface area contributed by atoms with Gasteiger partial charge in [-0.2, -0.15) is 0 Å². The summed E-state index contributed by atoms with van der Waals surface area (Å²) in [5.41, 5.74) is 7.55. The third-order valence-electron chi connectivity index (χ3n) is 3.30. The predicted molar refractivity (Wildman–Crippen MR) is 79.2 cm³/mol. The first kappa shape index (κ1) is 15.7. The van der Waals surface area contributed by atoms with Crippen LogP contribution in [-0.4, -0.2) is 54.7 Å². The van der Waals surface area contributed by atoms with Gasteiger partial charge in [0.25, 0.3) is 5.91 Å². The lowest BCUT2D eigenvalue weighted by atomic mass is 10.1. The van der Waals surface area contributed by atoms with Crippen molar-refractivity contribution in [2.24, 2.45) is 5.73 Å². The standard InChI is InChI=1S/C15H23N3O3/c1-11(16)9-13-14(4-3-12(2)17-13)21-10-15(19)18-5-7-20-8-6-18/h3-4,11H,5-10,16H2,1-2H3. The zero-order chi connectivity index (χ0) is 15.2. The molecule has 2 rings (SSSR count). The van der Waals surface area contributed by atoms with E-state index in [4.69, 9.17) is 15.2 Å². The SMILES string of the molecule is Cc1ccc(OCC(=O)N2CCOCC2)c(CC(C)N)n1. The molecule has 1 unspecified atom stereocenters. The van der Waals surface area contributed by atoms with Crippen molar-refractivity contribution in [3.8, 4) is 5.75 Å². The van der Waals surface area contributed by atoms with Gasteiger partial charge in [-0.1, -0.05) is 0 Å². The predicted octanol–water partition coefficient (Wildman–Crippen LogP) is 0.517. The number of morpholine rings is 1. The molecule has 0 bridgehead atoms. The summed E-state index contributed by atoms with van der Waals surface area (Å²) in [6.45, 7) is 6.31. The second-order valence-electron chi connectivity index (χ2n) is 5.36. The van der Waals surface area contributed by atoms with E-state index in [1.54, 1.807) is 4.90 Å². The Labute approximate surface area is 125 Å². The molecule has 1 amide bonds. The van der Waals surface area contributed by atoms with Crippen molar-refractivity contribution in [2.75, 3.05) is 32.9 Å². The fourth-order valence-electron chi connectivity index (χ4n) is 2.22. The van der Waals surface area contributed by atoms with E-state index < -0.39 is 0 Å². The molecule has 116 valence electrons. The number of pyridine rings is 1. The molecular formula is C15H23N3O3. The smallest absolute Gasteiger partial charge is 0.260 e. The van der Waals surface area contributed by atoms with Crippen LogP contribution in [0.5, 0.6) is 5.75 Å². The van der Waals surface area contributed by atoms with Crippen molar-refractivity contribution in [1.29, 1.82) is 0 Å². The number of hydrogen-bond donors (Lipinski definition) is 1. The summed E-state index contributed by atoms with van der Waals surface area (Å²) in [6.07, 6.45) is 0.628. The summed E-state index contributed by atoms with van der Waals surface area (Å²) in [7, 11) is 0. The average molecular weight is 293 g/mol. The molecule has 1 atom stereocenters. The van der Waals surface area contributed by atoms with Gasteiger partial charge in [-0.05, 0) is 26.0 Å². The molecule has 6 nitrogen and oxygen atoms in total. The zero-order valence-electron chi connectivity index (χ0n) is 12.7. The minimum Gasteiger partial charge on any atom is -0.482 e. The van der Waals surface area contributed by atoms with E-state index in [-0.39, 0.29) is 18.6 Å². The number of nitrogens with two attached hydrogens (primary N) is 1. The summed E-state index contributed by atoms with van der Waals surface area (Å²) in [5.74, 6) is 0.616. The van der Waals surface area contributed by atoms with E-state index in [1.807, 2.05) is 26.0 Å². The normalized spacial score (nSPS) is 16.6. The molecule has 2 N–H and O–H groups in total. The fraction of sp³-hybridized carbons (Fsp3) is 0.600. The van der Waals surface area contributed by atoms with E-state index in [2.05, 4.69) is 4.98 Å². The number of rotatable bonds is 5. The molecule has 0 radical (unpaired) electrons. The Morgan fingerprint density at radius 3 is 2.86 bits per heavy atom. The number of aryl methyl sites for hydroxylation is 1. The van der Waals surface area contributed by atoms with Crippen LogP contribution in [0.15, 0.2) is 12.1 Å². The maximum absolute atomic E-state index is 12.1. The highest BCUT2D eigenvalue weighted by atomic mass is 16.5. The highest BCUT2D eigenvalue weighted by Gasteiger charge is 2.18. The van der Waals surface area contributed by atoms with E-state index in [1.165, 1.54) is 0 Å². The van der Waals surface area contributed by atoms with E-state index in [9.17, 15) is 4.79 Å². The van der Waals surface area contributed by atoms with Crippen molar-refractivity contribution in [3.63, 3.8) is 0 Å². The summed E-state index contributed by atoms with van der Waals surface area (Å²) in [4.78, 5) is 18.3. The topological polar surface area (TPSA) is 77.7 Å². The number of hydrogen-bond acceptors (Lipinski definition) is 5. The van der Waals surface area contributed by atoms with Crippen molar-refractivity contribution in [1.82, 2.24) is 9.88 Å². The average Bonchev–Trinajstić information content (AvgIpc) is 2.46. The van der Waals surface area contributed by atoms with Crippen molar-refractivity contribution in [2.45, 2.75) is 26.3 Å². The molecule has 0 aromatic carbocycles. The summed E-state index contributed by atoms with van der Waals surface area (Å²) < 4.78 is 10.9. The van der Waals surface area contributed by atoms with Gasteiger partial charge in [0, 0.05) is 31.2 Å². The highest BCUT2D eigenvalue weighted by Crippen LogP contribution is 2.18. The number of amides is 1. The van der Waals surface area contributed by atoms with Gasteiger partial charge < -0.3 is 20.1 Å². The second-order valence-corrected chi connectivity index (χ2v) is 5.36. The molecule has 0 aliphatic carbocycles. The number of ether oxygens (including phenoxy) is 2. The first-order chi connectivity index (χ1) is 10.1. The van der Waals surface area contributed by atoms with Gasteiger partial charge in [-0.15, -0.1) is 0 Å². The molecule has 1 aromatic heterocycles. The number of nitrogens with zero attached hydrogens (tertiary/aromatic N) is 2. The Bertz CT molecular complexity index is 485. The van der Waals surface area contributed by atoms with Crippen LogP contribution in [0.2, 0.25) is 0 Å². The van der Waals surface area contributed by atoms with Crippen LogP contribution in [0.4, 0.5) is 0 Å². The Hall–Kier alpha value is -1.66. The molecule has 1 fully saturated rings. The molecule has 21 heavy (non-hydrogen) atoms. The molecule has 2 heterocycles. The Morgan fingerprint density at radius 1 is 1.48 bits per heavy atom. The van der Waals surface area contributed by atoms with E-state index in [0.717, 1.165) is 11.4 Å². The van der Waals surface area contributed by atoms with Gasteiger partial charge >= 0.3 is 0 Å². The maximum atomic E-state index is 12.1. The largest absolute Gasteiger partial charge is 0.482 e. The quantitative estimate of drug-likeness (QED) is 0.856. The van der Waals surface area contributed by atoms with Crippen LogP contribution in [0.1, 0.15) is 18.3 Å². The number of aromatic nitrogens is 1. The van der Waals surface area contributed by atoms with Crippen LogP contribution >= 0.6 is 0 Å². The summed E-state index contributed by atoms with van der Waals surface area (Å²) >= 11 is 0. The number of carbonyl (C=O) groups excluding carboxylic acids is 1. The Kier molecular flexibility index (Phi) is 5.52. The van der Waals surface area contributed by atoms with E-state index >= 15 is 0 Å². The maximum Gasteiger partial charge on any atom is 0.260 e. The van der Waals surface area contributed by atoms with Crippen molar-refractivity contribution in [3.05, 3.63) is 23.5 Å². The zero-order valence-corrected chi connectivity index (χ0v) is 12.7. The first-order valence-corrected chi connectivity index (χ1v) is 7.26. The van der Waals surface area contributed by atoms with Gasteiger partial charge in [-0.25, -0.2) is 0 Å². The van der Waals surface area contributed by atoms with Crippen LogP contribution in [-0.2, 0) is 16.0 Å². The molecule has 6 heteroatoms. The molecule has 1 aliphatic rings. The van der Waals surface area contributed by atoms with Crippen LogP contribution in [0.25, 0.3) is 0 Å². The van der Waals surface area contributed by atoms with Gasteiger partial charge in [-0.3, -0.25) is 9.78 Å². The molecule has 0 saturated carbocycles. The minimum atomic E-state index is -0.0226. The first-order valence-electron chi connectivity index (χ1n) is 7.26. The third kappa shape index (κ3) is 4.68. The van der Waals surface area contributed by atoms with Gasteiger partial charge in [0.2, 0.25) is 0 Å². The fourth-order valence-corrected chi connectivity index (χ4v) is 2.22. The molecule has 1 aliphatic heterocycles. The summed E-state index contributed by atoms with van der Waals surface area (Å²) in [5, 5.41) is 0. The Morgan fingerprint density at radius 2 is 2.19 bits per heavy atom. The van der Waals surface area contributed by atoms with Crippen LogP contribution < -0.4 is 10.5 Å². The van der Waals surface area contributed by atoms with Gasteiger partial charge in [0.15, 0.2) is 6.61 Å². The lowest BCUT2D eigenvalue weighted by Crippen LogP contribution is -2.43. The van der Waals surface area contributed by atoms with Gasteiger partial charge in [0.05, 0.1) is 18.9 Å². The van der Waals surface area contributed by atoms with Gasteiger partial charge in [0.1, 0.15) is 5.75 Å². The summed E-state index contributed by atoms with van der Waals surface area (Å²) in [6, 6.07) is 3.72. The molecular weight excluding hydrogens is 270 g/mol. The van der Waals surface area contributed by atoms with Crippen LogP contribution in [0, 0.1) is 6.92 Å². The minimum absolute atomic E-state index is 0.00315. The van der Waals surface area contributed by atoms with Crippen molar-refractivity contribution < 1.29 is 14.3 Å². The monoisotopic (exact) mass is 293 g/mol. The molecule has 1 aromatic rings. The van der Waals surface area contributed by atoms with E-state index in [0.29, 0.717) is 38.5 Å². The second kappa shape index (κ2) is 7.38. The Balaban J connectivity index is 1.97.